The van der Waals surface area contributed by atoms with E-state index in [9.17, 15) is 4.39 Å². The van der Waals surface area contributed by atoms with Crippen molar-refractivity contribution in [1.29, 1.82) is 0 Å². The SMILES string of the molecule is C=C/C(=C\C(=C/C)C(=C)/C=C1\C(=C/C)NC1(C)C(=C)Nc1ccnc(-c2ccc(F)s2)c1C)NC(=C)C(C)(C)C. The number of hydrogen-bond donors (Lipinski definition) is 3. The van der Waals surface area contributed by atoms with Gasteiger partial charge >= 0.3 is 0 Å². The molecule has 2 aromatic heterocycles. The summed E-state index contributed by atoms with van der Waals surface area (Å²) in [6, 6.07) is 5.13. The van der Waals surface area contributed by atoms with Gasteiger partial charge in [-0.25, -0.2) is 0 Å². The van der Waals surface area contributed by atoms with Crippen LogP contribution in [0.4, 0.5) is 10.1 Å². The Hall–Kier alpha value is -3.90. The molecule has 3 rings (SSSR count). The van der Waals surface area contributed by atoms with E-state index in [0.717, 1.165) is 72.7 Å². The fourth-order valence-corrected chi connectivity index (χ4v) is 5.03. The fraction of sp³-hybridized carbons (Fsp3) is 0.265. The lowest BCUT2D eigenvalue weighted by molar-refractivity contribution is 0.456. The minimum atomic E-state index is -0.543. The molecule has 210 valence electrons. The maximum Gasteiger partial charge on any atom is 0.177 e. The van der Waals surface area contributed by atoms with Gasteiger partial charge in [0, 0.05) is 45.7 Å². The van der Waals surface area contributed by atoms with Crippen molar-refractivity contribution < 1.29 is 4.39 Å². The molecule has 40 heavy (non-hydrogen) atoms. The Bertz CT molecular complexity index is 1480. The molecular formula is C34H41FN4S. The molecular weight excluding hydrogens is 515 g/mol. The zero-order chi connectivity index (χ0) is 29.8. The standard InChI is InChI=1S/C34H41FN4S/c1-12-25(20-26(13-2)37-23(6)33(8,9)10)21(4)19-27-28(14-3)39-34(27,11)24(7)38-29-17-18-36-32(22(29)5)30-15-16-31(35)40-30/h12-20,37,39H,2,4,6-7H2,1,3,5,8-11H3,(H,36,38)/b25-12+,26-20+,27-19+,28-14+. The summed E-state index contributed by atoms with van der Waals surface area (Å²) in [4.78, 5) is 5.28. The Morgan fingerprint density at radius 1 is 1.15 bits per heavy atom. The van der Waals surface area contributed by atoms with Crippen molar-refractivity contribution in [3.8, 4) is 10.6 Å². The highest BCUT2D eigenvalue weighted by atomic mass is 32.1. The summed E-state index contributed by atoms with van der Waals surface area (Å²) in [5.74, 6) is 0. The van der Waals surface area contributed by atoms with Crippen molar-refractivity contribution >= 4 is 17.0 Å². The Balaban J connectivity index is 1.88. The summed E-state index contributed by atoms with van der Waals surface area (Å²) in [7, 11) is 0. The summed E-state index contributed by atoms with van der Waals surface area (Å²) in [5.41, 5.74) is 8.40. The molecule has 6 heteroatoms. The number of allylic oxidation sites excluding steroid dienone is 8. The molecule has 0 bridgehead atoms. The summed E-state index contributed by atoms with van der Waals surface area (Å²) in [6.45, 7) is 31.3. The maximum absolute atomic E-state index is 13.7. The van der Waals surface area contributed by atoms with Crippen molar-refractivity contribution in [2.45, 2.75) is 54.0 Å². The predicted octanol–water partition coefficient (Wildman–Crippen LogP) is 9.10. The van der Waals surface area contributed by atoms with E-state index in [-0.39, 0.29) is 10.5 Å². The van der Waals surface area contributed by atoms with Crippen LogP contribution in [-0.4, -0.2) is 10.5 Å². The molecule has 2 aromatic rings. The molecule has 1 atom stereocenters. The number of rotatable bonds is 10. The molecule has 0 spiro atoms. The topological polar surface area (TPSA) is 49.0 Å². The van der Waals surface area contributed by atoms with Crippen molar-refractivity contribution in [2.24, 2.45) is 5.41 Å². The zero-order valence-electron chi connectivity index (χ0n) is 24.8. The molecule has 0 radical (unpaired) electrons. The molecule has 3 heterocycles. The number of anilines is 1. The highest BCUT2D eigenvalue weighted by Gasteiger charge is 2.43. The van der Waals surface area contributed by atoms with Gasteiger partial charge in [-0.2, -0.15) is 4.39 Å². The van der Waals surface area contributed by atoms with E-state index in [0.29, 0.717) is 0 Å². The number of nitrogens with zero attached hydrogens (tertiary/aromatic N) is 1. The Morgan fingerprint density at radius 3 is 2.40 bits per heavy atom. The fourth-order valence-electron chi connectivity index (χ4n) is 4.24. The molecule has 4 nitrogen and oxygen atoms in total. The van der Waals surface area contributed by atoms with E-state index < -0.39 is 5.54 Å². The maximum atomic E-state index is 13.7. The average molecular weight is 557 g/mol. The van der Waals surface area contributed by atoms with E-state index in [4.69, 9.17) is 0 Å². The third-order valence-corrected chi connectivity index (χ3v) is 8.01. The zero-order valence-corrected chi connectivity index (χ0v) is 25.6. The molecule has 0 aromatic carbocycles. The number of pyridine rings is 1. The van der Waals surface area contributed by atoms with E-state index in [1.165, 1.54) is 6.07 Å². The van der Waals surface area contributed by atoms with Gasteiger partial charge in [0.15, 0.2) is 5.13 Å². The van der Waals surface area contributed by atoms with Crippen LogP contribution in [0.2, 0.25) is 0 Å². The molecule has 1 unspecified atom stereocenters. The third kappa shape index (κ3) is 6.45. The van der Waals surface area contributed by atoms with Gasteiger partial charge in [-0.1, -0.05) is 59.2 Å². The van der Waals surface area contributed by atoms with Crippen molar-refractivity contribution in [3.05, 3.63) is 131 Å². The van der Waals surface area contributed by atoms with Gasteiger partial charge in [0.25, 0.3) is 0 Å². The monoisotopic (exact) mass is 556 g/mol. The van der Waals surface area contributed by atoms with E-state index in [2.05, 4.69) is 81.0 Å². The van der Waals surface area contributed by atoms with Crippen LogP contribution in [0.15, 0.2) is 121 Å². The van der Waals surface area contributed by atoms with E-state index >= 15 is 0 Å². The molecule has 3 N–H and O–H groups in total. The molecule has 1 saturated heterocycles. The van der Waals surface area contributed by atoms with E-state index in [1.807, 2.05) is 45.1 Å². The largest absolute Gasteiger partial charge is 0.371 e. The highest BCUT2D eigenvalue weighted by Crippen LogP contribution is 2.41. The van der Waals surface area contributed by atoms with Crippen molar-refractivity contribution in [1.82, 2.24) is 15.6 Å². The van der Waals surface area contributed by atoms with Crippen LogP contribution in [0.1, 0.15) is 47.1 Å². The van der Waals surface area contributed by atoms with Gasteiger partial charge < -0.3 is 16.0 Å². The van der Waals surface area contributed by atoms with Crippen molar-refractivity contribution in [2.75, 3.05) is 5.32 Å². The van der Waals surface area contributed by atoms with E-state index in [1.54, 1.807) is 18.3 Å². The smallest absolute Gasteiger partial charge is 0.177 e. The van der Waals surface area contributed by atoms with Crippen LogP contribution < -0.4 is 16.0 Å². The molecule has 0 saturated carbocycles. The van der Waals surface area contributed by atoms with Crippen molar-refractivity contribution in [3.63, 3.8) is 0 Å². The van der Waals surface area contributed by atoms with Crippen LogP contribution in [0.5, 0.6) is 0 Å². The molecule has 1 fully saturated rings. The molecule has 0 amide bonds. The number of aromatic nitrogens is 1. The van der Waals surface area contributed by atoms with Gasteiger partial charge in [-0.3, -0.25) is 4.98 Å². The first-order valence-corrected chi connectivity index (χ1v) is 14.1. The number of halogens is 1. The quantitative estimate of drug-likeness (QED) is 0.256. The second-order valence-electron chi connectivity index (χ2n) is 11.0. The summed E-state index contributed by atoms with van der Waals surface area (Å²) in [5, 5.41) is 10.2. The third-order valence-electron chi connectivity index (χ3n) is 7.13. The highest BCUT2D eigenvalue weighted by molar-refractivity contribution is 7.13. The lowest BCUT2D eigenvalue weighted by atomic mass is 9.76. The average Bonchev–Trinajstić information content (AvgIpc) is 3.33. The lowest BCUT2D eigenvalue weighted by Gasteiger charge is -2.48. The summed E-state index contributed by atoms with van der Waals surface area (Å²) >= 11 is 1.09. The first-order valence-electron chi connectivity index (χ1n) is 13.3. The van der Waals surface area contributed by atoms with Gasteiger partial charge in [-0.05, 0) is 80.8 Å². The molecule has 1 aliphatic rings. The minimum absolute atomic E-state index is 0.0847. The number of thiophene rings is 1. The Morgan fingerprint density at radius 2 is 1.85 bits per heavy atom. The van der Waals surface area contributed by atoms with Gasteiger partial charge in [0.1, 0.15) is 5.54 Å². The van der Waals surface area contributed by atoms with Crippen LogP contribution in [0.25, 0.3) is 10.6 Å². The van der Waals surface area contributed by atoms with Gasteiger partial charge in [-0.15, -0.1) is 11.3 Å². The second-order valence-corrected chi connectivity index (χ2v) is 12.0. The van der Waals surface area contributed by atoms with Gasteiger partial charge in [0.05, 0.1) is 10.6 Å². The first-order chi connectivity index (χ1) is 18.7. The molecule has 0 aliphatic carbocycles. The Kier molecular flexibility index (Phi) is 9.26. The summed E-state index contributed by atoms with van der Waals surface area (Å²) in [6.07, 6.45) is 11.7. The van der Waals surface area contributed by atoms with Crippen LogP contribution >= 0.6 is 11.3 Å². The number of nitrogens with one attached hydrogen (secondary N) is 3. The normalized spacial score (nSPS) is 19.6. The second kappa shape index (κ2) is 12.1. The number of hydrogen-bond acceptors (Lipinski definition) is 5. The Labute approximate surface area is 243 Å². The predicted molar refractivity (Wildman–Crippen MR) is 171 cm³/mol. The lowest BCUT2D eigenvalue weighted by Crippen LogP contribution is -2.57. The first kappa shape index (κ1) is 30.6. The molecule has 1 aliphatic heterocycles. The minimum Gasteiger partial charge on any atom is -0.371 e. The van der Waals surface area contributed by atoms with Crippen LogP contribution in [0, 0.1) is 17.5 Å². The summed E-state index contributed by atoms with van der Waals surface area (Å²) < 4.78 is 13.7. The van der Waals surface area contributed by atoms with Gasteiger partial charge in [0.2, 0.25) is 0 Å². The van der Waals surface area contributed by atoms with Crippen LogP contribution in [0.3, 0.4) is 0 Å². The van der Waals surface area contributed by atoms with Crippen LogP contribution in [-0.2, 0) is 0 Å².